The van der Waals surface area contributed by atoms with E-state index >= 15 is 0 Å². The van der Waals surface area contributed by atoms with Crippen LogP contribution in [0.1, 0.15) is 56.0 Å². The second kappa shape index (κ2) is 13.3. The van der Waals surface area contributed by atoms with E-state index in [1.54, 1.807) is 29.2 Å². The molecule has 1 unspecified atom stereocenters. The third-order valence-electron chi connectivity index (χ3n) is 7.57. The summed E-state index contributed by atoms with van der Waals surface area (Å²) in [5, 5.41) is 1.68. The molecule has 7 nitrogen and oxygen atoms in total. The molecule has 1 amide bonds. The van der Waals surface area contributed by atoms with Crippen molar-refractivity contribution in [2.45, 2.75) is 45.6 Å². The summed E-state index contributed by atoms with van der Waals surface area (Å²) in [5.41, 5.74) is 11.0. The highest BCUT2D eigenvalue weighted by atomic mass is 35.5. The van der Waals surface area contributed by atoms with Crippen molar-refractivity contribution >= 4 is 34.3 Å². The fourth-order valence-corrected chi connectivity index (χ4v) is 5.83. The Bertz CT molecular complexity index is 1450. The summed E-state index contributed by atoms with van der Waals surface area (Å²) in [5.74, 6) is 1.27. The highest BCUT2D eigenvalue weighted by Crippen LogP contribution is 2.39. The van der Waals surface area contributed by atoms with Gasteiger partial charge in [-0.15, -0.1) is 0 Å². The van der Waals surface area contributed by atoms with Crippen LogP contribution in [-0.4, -0.2) is 53.7 Å². The number of carbonyl (C=O) groups is 1. The number of amides is 1. The summed E-state index contributed by atoms with van der Waals surface area (Å²) in [6.07, 6.45) is 3.60. The van der Waals surface area contributed by atoms with Crippen LogP contribution in [0, 0.1) is 0 Å². The van der Waals surface area contributed by atoms with E-state index < -0.39 is 6.09 Å². The van der Waals surface area contributed by atoms with Crippen LogP contribution in [0.5, 0.6) is 11.5 Å². The third-order valence-corrected chi connectivity index (χ3v) is 7.82. The Morgan fingerprint density at radius 3 is 2.41 bits per heavy atom. The van der Waals surface area contributed by atoms with E-state index in [-0.39, 0.29) is 6.04 Å². The number of halogens is 1. The molecule has 3 aromatic carbocycles. The van der Waals surface area contributed by atoms with Crippen LogP contribution in [0.3, 0.4) is 0 Å². The number of anilines is 1. The number of aromatic amines is 1. The molecule has 4 aromatic rings. The second-order valence-corrected chi connectivity index (χ2v) is 11.0. The first kappa shape index (κ1) is 28.8. The summed E-state index contributed by atoms with van der Waals surface area (Å²) in [4.78, 5) is 21.4. The van der Waals surface area contributed by atoms with Crippen molar-refractivity contribution in [2.75, 3.05) is 38.5 Å². The van der Waals surface area contributed by atoms with Crippen LogP contribution < -0.4 is 15.2 Å². The highest BCUT2D eigenvalue weighted by molar-refractivity contribution is 6.30. The molecule has 0 aliphatic carbocycles. The van der Waals surface area contributed by atoms with Crippen LogP contribution in [0.15, 0.2) is 66.7 Å². The maximum Gasteiger partial charge on any atom is 0.416 e. The molecule has 0 fully saturated rings. The standard InChI is InChI=1S/C33H39ClN4O3/c1-3-17-37(18-4-2)19-5-21-40-26-11-6-23(7-12-26)32-31-28(29-22-25(35)10-15-30(29)36-31)16-20-38(32)33(39)41-27-13-8-24(34)9-14-27/h6-15,22,32,36H,3-5,16-21,35H2,1-2H3. The molecule has 3 N–H and O–H groups in total. The van der Waals surface area contributed by atoms with E-state index in [0.717, 1.165) is 59.7 Å². The SMILES string of the molecule is CCCN(CCC)CCCOc1ccc(C2c3[nH]c4ccc(N)cc4c3CCN2C(=O)Oc2ccc(Cl)cc2)cc1. The predicted molar refractivity (Wildman–Crippen MR) is 166 cm³/mol. The lowest BCUT2D eigenvalue weighted by Crippen LogP contribution is -2.42. The van der Waals surface area contributed by atoms with Crippen molar-refractivity contribution < 1.29 is 14.3 Å². The van der Waals surface area contributed by atoms with E-state index in [4.69, 9.17) is 26.8 Å². The summed E-state index contributed by atoms with van der Waals surface area (Å²) in [6, 6.07) is 20.4. The zero-order chi connectivity index (χ0) is 28.8. The van der Waals surface area contributed by atoms with Crippen molar-refractivity contribution in [3.63, 3.8) is 0 Å². The Balaban J connectivity index is 1.36. The average molecular weight is 575 g/mol. The number of fused-ring (bicyclic) bond motifs is 3. The molecular formula is C33H39ClN4O3. The van der Waals surface area contributed by atoms with E-state index in [2.05, 4.69) is 23.7 Å². The fraction of sp³-hybridized carbons (Fsp3) is 0.364. The maximum absolute atomic E-state index is 13.5. The molecule has 8 heteroatoms. The molecule has 1 aromatic heterocycles. The van der Waals surface area contributed by atoms with Gasteiger partial charge in [0.1, 0.15) is 17.5 Å². The number of nitrogens with zero attached hydrogens (tertiary/aromatic N) is 2. The van der Waals surface area contributed by atoms with Crippen molar-refractivity contribution in [3.05, 3.63) is 88.6 Å². The third kappa shape index (κ3) is 6.80. The number of aromatic nitrogens is 1. The molecule has 216 valence electrons. The summed E-state index contributed by atoms with van der Waals surface area (Å²) in [6.45, 7) is 8.92. The smallest absolute Gasteiger partial charge is 0.416 e. The van der Waals surface area contributed by atoms with Gasteiger partial charge in [0.2, 0.25) is 0 Å². The first-order chi connectivity index (χ1) is 20.0. The topological polar surface area (TPSA) is 83.8 Å². The Kier molecular flexibility index (Phi) is 9.37. The normalized spacial score (nSPS) is 14.8. The summed E-state index contributed by atoms with van der Waals surface area (Å²) < 4.78 is 11.9. The van der Waals surface area contributed by atoms with E-state index in [1.165, 1.54) is 18.4 Å². The average Bonchev–Trinajstić information content (AvgIpc) is 3.34. The Hall–Kier alpha value is -3.68. The van der Waals surface area contributed by atoms with Crippen LogP contribution >= 0.6 is 11.6 Å². The number of nitrogen functional groups attached to an aromatic ring is 1. The molecule has 41 heavy (non-hydrogen) atoms. The number of carbonyl (C=O) groups excluding carboxylic acids is 1. The van der Waals surface area contributed by atoms with Crippen LogP contribution in [0.2, 0.25) is 5.02 Å². The van der Waals surface area contributed by atoms with Gasteiger partial charge in [0.05, 0.1) is 6.61 Å². The first-order valence-corrected chi connectivity index (χ1v) is 14.9. The minimum atomic E-state index is -0.412. The molecule has 2 heterocycles. The quantitative estimate of drug-likeness (QED) is 0.144. The summed E-state index contributed by atoms with van der Waals surface area (Å²) >= 11 is 6.02. The van der Waals surface area contributed by atoms with Gasteiger partial charge in [0.25, 0.3) is 0 Å². The number of benzene rings is 3. The molecule has 0 spiro atoms. The minimum Gasteiger partial charge on any atom is -0.494 e. The van der Waals surface area contributed by atoms with Crippen LogP contribution in [-0.2, 0) is 6.42 Å². The number of ether oxygens (including phenoxy) is 2. The number of nitrogens with one attached hydrogen (secondary N) is 1. The van der Waals surface area contributed by atoms with Gasteiger partial charge in [-0.25, -0.2) is 4.79 Å². The molecular weight excluding hydrogens is 536 g/mol. The molecule has 1 atom stereocenters. The molecule has 0 saturated heterocycles. The Labute approximate surface area is 247 Å². The van der Waals surface area contributed by atoms with Crippen LogP contribution in [0.25, 0.3) is 10.9 Å². The van der Waals surface area contributed by atoms with Gasteiger partial charge >= 0.3 is 6.09 Å². The fourth-order valence-electron chi connectivity index (χ4n) is 5.70. The van der Waals surface area contributed by atoms with Gasteiger partial charge in [0, 0.05) is 40.4 Å². The van der Waals surface area contributed by atoms with Crippen molar-refractivity contribution in [1.82, 2.24) is 14.8 Å². The molecule has 1 aliphatic heterocycles. The molecule has 0 bridgehead atoms. The highest BCUT2D eigenvalue weighted by Gasteiger charge is 2.35. The van der Waals surface area contributed by atoms with E-state index in [1.807, 2.05) is 42.5 Å². The van der Waals surface area contributed by atoms with Gasteiger partial charge in [0.15, 0.2) is 0 Å². The van der Waals surface area contributed by atoms with Crippen LogP contribution in [0.4, 0.5) is 10.5 Å². The van der Waals surface area contributed by atoms with Gasteiger partial charge in [-0.05, 0) is 104 Å². The molecule has 0 radical (unpaired) electrons. The number of hydrogen-bond donors (Lipinski definition) is 2. The van der Waals surface area contributed by atoms with Gasteiger partial charge in [-0.3, -0.25) is 4.90 Å². The maximum atomic E-state index is 13.5. The Morgan fingerprint density at radius 2 is 1.71 bits per heavy atom. The molecule has 5 rings (SSSR count). The predicted octanol–water partition coefficient (Wildman–Crippen LogP) is 7.44. The second-order valence-electron chi connectivity index (χ2n) is 10.6. The van der Waals surface area contributed by atoms with Crippen molar-refractivity contribution in [3.8, 4) is 11.5 Å². The van der Waals surface area contributed by atoms with E-state index in [0.29, 0.717) is 30.3 Å². The first-order valence-electron chi connectivity index (χ1n) is 14.6. The summed E-state index contributed by atoms with van der Waals surface area (Å²) in [7, 11) is 0. The lowest BCUT2D eigenvalue weighted by atomic mass is 9.92. The minimum absolute atomic E-state index is 0.349. The van der Waals surface area contributed by atoms with Gasteiger partial charge < -0.3 is 25.1 Å². The van der Waals surface area contributed by atoms with Gasteiger partial charge in [-0.2, -0.15) is 0 Å². The molecule has 0 saturated carbocycles. The van der Waals surface area contributed by atoms with Crippen molar-refractivity contribution in [1.29, 1.82) is 0 Å². The number of H-pyrrole nitrogens is 1. The monoisotopic (exact) mass is 574 g/mol. The van der Waals surface area contributed by atoms with E-state index in [9.17, 15) is 4.79 Å². The molecule has 1 aliphatic rings. The number of hydrogen-bond acceptors (Lipinski definition) is 5. The number of nitrogens with two attached hydrogens (primary N) is 1. The number of rotatable bonds is 11. The van der Waals surface area contributed by atoms with Gasteiger partial charge in [-0.1, -0.05) is 37.6 Å². The Morgan fingerprint density at radius 1 is 1.00 bits per heavy atom. The lowest BCUT2D eigenvalue weighted by Gasteiger charge is -2.35. The largest absolute Gasteiger partial charge is 0.494 e. The lowest BCUT2D eigenvalue weighted by molar-refractivity contribution is 0.135. The zero-order valence-electron chi connectivity index (χ0n) is 23.9. The van der Waals surface area contributed by atoms with Crippen molar-refractivity contribution in [2.24, 2.45) is 0 Å². The zero-order valence-corrected chi connectivity index (χ0v) is 24.6.